The van der Waals surface area contributed by atoms with Crippen LogP contribution in [0.4, 0.5) is 0 Å². The molecule has 1 heterocycles. The van der Waals surface area contributed by atoms with Crippen molar-refractivity contribution in [1.29, 1.82) is 0 Å². The Balaban J connectivity index is 2.42. The number of rotatable bonds is 0. The molecule has 2 nitrogen and oxygen atoms in total. The van der Waals surface area contributed by atoms with Gasteiger partial charge in [0.15, 0.2) is 0 Å². The average molecular weight is 199 g/mol. The van der Waals surface area contributed by atoms with Crippen LogP contribution in [-0.4, -0.2) is 11.7 Å². The maximum absolute atomic E-state index is 9.71. The number of hydrogen-bond acceptors (Lipinski definition) is 2. The molecule has 1 aromatic rings. The second kappa shape index (κ2) is 3.56. The lowest BCUT2D eigenvalue weighted by Crippen LogP contribution is -1.95. The molecule has 1 aliphatic rings. The van der Waals surface area contributed by atoms with Crippen molar-refractivity contribution in [3.05, 3.63) is 28.8 Å². The number of aliphatic hydroxyl groups excluding tert-OH is 1. The van der Waals surface area contributed by atoms with Gasteiger partial charge >= 0.3 is 0 Å². The van der Waals surface area contributed by atoms with Crippen LogP contribution < -0.4 is 4.74 Å². The molecule has 0 bridgehead atoms. The van der Waals surface area contributed by atoms with Crippen LogP contribution in [0.5, 0.6) is 5.75 Å². The highest BCUT2D eigenvalue weighted by Gasteiger charge is 2.16. The lowest BCUT2D eigenvalue weighted by Gasteiger charge is -2.10. The molecule has 0 saturated carbocycles. The molecule has 0 aromatic heterocycles. The molecular weight excluding hydrogens is 188 g/mol. The van der Waals surface area contributed by atoms with Crippen molar-refractivity contribution < 1.29 is 9.84 Å². The van der Waals surface area contributed by atoms with Crippen molar-refractivity contribution in [3.8, 4) is 5.75 Å². The SMILES string of the molecule is O[C@H]1CCCOc2cc(Cl)ccc21. The minimum Gasteiger partial charge on any atom is -0.493 e. The Morgan fingerprint density at radius 3 is 3.15 bits per heavy atom. The van der Waals surface area contributed by atoms with E-state index in [9.17, 15) is 5.11 Å². The van der Waals surface area contributed by atoms with Crippen molar-refractivity contribution in [3.63, 3.8) is 0 Å². The third-order valence-corrected chi connectivity index (χ3v) is 2.45. The molecule has 1 atom stereocenters. The minimum absolute atomic E-state index is 0.408. The Morgan fingerprint density at radius 2 is 2.31 bits per heavy atom. The van der Waals surface area contributed by atoms with Gasteiger partial charge in [0.1, 0.15) is 5.75 Å². The van der Waals surface area contributed by atoms with Crippen molar-refractivity contribution in [2.45, 2.75) is 18.9 Å². The summed E-state index contributed by atoms with van der Waals surface area (Å²) < 4.78 is 5.46. The largest absolute Gasteiger partial charge is 0.493 e. The Kier molecular flexibility index (Phi) is 2.42. The van der Waals surface area contributed by atoms with Crippen LogP contribution in [0, 0.1) is 0 Å². The van der Waals surface area contributed by atoms with E-state index in [0.717, 1.165) is 24.2 Å². The highest BCUT2D eigenvalue weighted by Crippen LogP contribution is 2.33. The summed E-state index contributed by atoms with van der Waals surface area (Å²) in [6.45, 7) is 0.657. The van der Waals surface area contributed by atoms with Crippen LogP contribution in [0.25, 0.3) is 0 Å². The lowest BCUT2D eigenvalue weighted by atomic mass is 10.1. The summed E-state index contributed by atoms with van der Waals surface area (Å²) in [7, 11) is 0. The second-order valence-electron chi connectivity index (χ2n) is 3.19. The summed E-state index contributed by atoms with van der Waals surface area (Å²) in [6.07, 6.45) is 1.23. The van der Waals surface area contributed by atoms with Crippen LogP contribution in [-0.2, 0) is 0 Å². The summed E-state index contributed by atoms with van der Waals surface area (Å²) in [5.41, 5.74) is 0.849. The van der Waals surface area contributed by atoms with Crippen LogP contribution in [0.2, 0.25) is 5.02 Å². The van der Waals surface area contributed by atoms with Crippen LogP contribution in [0.15, 0.2) is 18.2 Å². The minimum atomic E-state index is -0.408. The third kappa shape index (κ3) is 1.79. The summed E-state index contributed by atoms with van der Waals surface area (Å²) in [6, 6.07) is 5.36. The van der Waals surface area contributed by atoms with E-state index in [1.165, 1.54) is 0 Å². The first-order valence-corrected chi connectivity index (χ1v) is 4.75. The number of benzene rings is 1. The smallest absolute Gasteiger partial charge is 0.126 e. The fourth-order valence-electron chi connectivity index (χ4n) is 1.52. The normalized spacial score (nSPS) is 21.5. The number of hydrogen-bond donors (Lipinski definition) is 1. The molecule has 2 rings (SSSR count). The van der Waals surface area contributed by atoms with E-state index in [1.54, 1.807) is 12.1 Å². The number of halogens is 1. The zero-order valence-corrected chi connectivity index (χ0v) is 7.92. The Morgan fingerprint density at radius 1 is 1.46 bits per heavy atom. The predicted molar refractivity (Wildman–Crippen MR) is 51.1 cm³/mol. The molecule has 0 saturated heterocycles. The van der Waals surface area contributed by atoms with E-state index in [1.807, 2.05) is 6.07 Å². The van der Waals surface area contributed by atoms with E-state index in [4.69, 9.17) is 16.3 Å². The van der Waals surface area contributed by atoms with Gasteiger partial charge in [-0.05, 0) is 25.0 Å². The molecule has 0 amide bonds. The lowest BCUT2D eigenvalue weighted by molar-refractivity contribution is 0.167. The average Bonchev–Trinajstić information content (AvgIpc) is 2.28. The Hall–Kier alpha value is -0.730. The van der Waals surface area contributed by atoms with Crippen LogP contribution in [0.3, 0.4) is 0 Å². The first kappa shape index (κ1) is 8.85. The second-order valence-corrected chi connectivity index (χ2v) is 3.63. The van der Waals surface area contributed by atoms with Gasteiger partial charge < -0.3 is 9.84 Å². The van der Waals surface area contributed by atoms with Crippen molar-refractivity contribution in [2.24, 2.45) is 0 Å². The molecule has 0 radical (unpaired) electrons. The van der Waals surface area contributed by atoms with Gasteiger partial charge in [-0.3, -0.25) is 0 Å². The number of fused-ring (bicyclic) bond motifs is 1. The molecule has 0 unspecified atom stereocenters. The van der Waals surface area contributed by atoms with Crippen molar-refractivity contribution in [2.75, 3.05) is 6.61 Å². The van der Waals surface area contributed by atoms with E-state index in [-0.39, 0.29) is 0 Å². The number of aliphatic hydroxyl groups is 1. The standard InChI is InChI=1S/C10H11ClO2/c11-7-3-4-8-9(12)2-1-5-13-10(8)6-7/h3-4,6,9,12H,1-2,5H2/t9-/m0/s1. The topological polar surface area (TPSA) is 29.5 Å². The predicted octanol–water partition coefficient (Wildman–Crippen LogP) is 2.55. The maximum atomic E-state index is 9.71. The van der Waals surface area contributed by atoms with E-state index in [0.29, 0.717) is 11.6 Å². The van der Waals surface area contributed by atoms with Crippen LogP contribution >= 0.6 is 11.6 Å². The molecule has 3 heteroatoms. The molecule has 1 aromatic carbocycles. The summed E-state index contributed by atoms with van der Waals surface area (Å²) in [4.78, 5) is 0. The molecule has 13 heavy (non-hydrogen) atoms. The van der Waals surface area contributed by atoms with Gasteiger partial charge in [-0.25, -0.2) is 0 Å². The van der Waals surface area contributed by atoms with Gasteiger partial charge in [-0.1, -0.05) is 17.7 Å². The third-order valence-electron chi connectivity index (χ3n) is 2.21. The van der Waals surface area contributed by atoms with E-state index >= 15 is 0 Å². The van der Waals surface area contributed by atoms with Gasteiger partial charge in [-0.15, -0.1) is 0 Å². The quantitative estimate of drug-likeness (QED) is 0.694. The summed E-state index contributed by atoms with van der Waals surface area (Å²) in [5.74, 6) is 0.720. The zero-order chi connectivity index (χ0) is 9.26. The molecular formula is C10H11ClO2. The fraction of sp³-hybridized carbons (Fsp3) is 0.400. The van der Waals surface area contributed by atoms with Crippen molar-refractivity contribution in [1.82, 2.24) is 0 Å². The van der Waals surface area contributed by atoms with Gasteiger partial charge in [0.25, 0.3) is 0 Å². The highest BCUT2D eigenvalue weighted by atomic mass is 35.5. The van der Waals surface area contributed by atoms with Gasteiger partial charge in [0.05, 0.1) is 12.7 Å². The molecule has 0 aliphatic carbocycles. The first-order chi connectivity index (χ1) is 6.27. The molecule has 1 aliphatic heterocycles. The Bertz CT molecular complexity index is 312. The monoisotopic (exact) mass is 198 g/mol. The van der Waals surface area contributed by atoms with Gasteiger partial charge in [-0.2, -0.15) is 0 Å². The summed E-state index contributed by atoms with van der Waals surface area (Å²) in [5, 5.41) is 10.4. The van der Waals surface area contributed by atoms with Gasteiger partial charge in [0, 0.05) is 10.6 Å². The Labute approximate surface area is 82.1 Å². The molecule has 0 fully saturated rings. The maximum Gasteiger partial charge on any atom is 0.126 e. The summed E-state index contributed by atoms with van der Waals surface area (Å²) >= 11 is 5.82. The van der Waals surface area contributed by atoms with Gasteiger partial charge in [0.2, 0.25) is 0 Å². The zero-order valence-electron chi connectivity index (χ0n) is 7.16. The van der Waals surface area contributed by atoms with Crippen molar-refractivity contribution >= 4 is 11.6 Å². The number of ether oxygens (including phenoxy) is 1. The van der Waals surface area contributed by atoms with E-state index in [2.05, 4.69) is 0 Å². The molecule has 1 N–H and O–H groups in total. The first-order valence-electron chi connectivity index (χ1n) is 4.37. The fourth-order valence-corrected chi connectivity index (χ4v) is 1.68. The van der Waals surface area contributed by atoms with E-state index < -0.39 is 6.10 Å². The highest BCUT2D eigenvalue weighted by molar-refractivity contribution is 6.30. The molecule has 0 spiro atoms. The molecule has 70 valence electrons. The van der Waals surface area contributed by atoms with Crippen LogP contribution in [0.1, 0.15) is 24.5 Å².